The molecule has 43 heavy (non-hydrogen) atoms. The summed E-state index contributed by atoms with van der Waals surface area (Å²) < 4.78 is 16.4. The van der Waals surface area contributed by atoms with E-state index in [1.165, 1.54) is 23.7 Å². The number of carbonyl (C=O) groups is 2. The average Bonchev–Trinajstić information content (AvgIpc) is 3.00. The van der Waals surface area contributed by atoms with Crippen LogP contribution in [0.3, 0.4) is 0 Å². The van der Waals surface area contributed by atoms with E-state index in [1.54, 1.807) is 94.1 Å². The normalized spacial score (nSPS) is 12.1. The second kappa shape index (κ2) is 37.9. The van der Waals surface area contributed by atoms with Crippen molar-refractivity contribution in [2.45, 2.75) is 0 Å². The molecule has 1 unspecified atom stereocenters. The molecule has 0 rings (SSSR count). The molecule has 1 atom stereocenters. The number of amides is 2. The number of hydrogen-bond donors (Lipinski definition) is 4. The smallest absolute Gasteiger partial charge is 0.408 e. The summed E-state index contributed by atoms with van der Waals surface area (Å²) in [6, 6.07) is 0. The highest BCUT2D eigenvalue weighted by molar-refractivity contribution is 8.23. The van der Waals surface area contributed by atoms with E-state index >= 15 is 0 Å². The van der Waals surface area contributed by atoms with Crippen molar-refractivity contribution in [3.63, 3.8) is 0 Å². The van der Waals surface area contributed by atoms with E-state index in [0.717, 1.165) is 42.3 Å². The van der Waals surface area contributed by atoms with Gasteiger partial charge in [0, 0.05) is 36.3 Å². The van der Waals surface area contributed by atoms with Crippen molar-refractivity contribution in [2.75, 3.05) is 90.6 Å². The summed E-state index contributed by atoms with van der Waals surface area (Å²) in [4.78, 5) is 41.1. The molecule has 4 N–H and O–H groups in total. The van der Waals surface area contributed by atoms with Crippen LogP contribution in [0.1, 0.15) is 0 Å². The molecule has 0 saturated heterocycles. The van der Waals surface area contributed by atoms with Crippen LogP contribution < -0.4 is 10.6 Å². The van der Waals surface area contributed by atoms with Crippen molar-refractivity contribution in [1.29, 1.82) is 0 Å². The first-order valence-corrected chi connectivity index (χ1v) is 24.7. The number of ether oxygens (including phenoxy) is 1. The Hall–Kier alpha value is 1.41. The number of aliphatic hydroxyl groups excluding tert-OH is 2. The van der Waals surface area contributed by atoms with Gasteiger partial charge in [-0.05, 0) is 0 Å². The molecule has 2 amide bonds. The van der Waals surface area contributed by atoms with Crippen molar-refractivity contribution in [3.05, 3.63) is 0 Å². The summed E-state index contributed by atoms with van der Waals surface area (Å²) in [7, 11) is -1.19. The quantitative estimate of drug-likeness (QED) is 0.0185. The second-order valence-electron chi connectivity index (χ2n) is 6.57. The highest BCUT2D eigenvalue weighted by Crippen LogP contribution is 2.19. The maximum Gasteiger partial charge on any atom is 0.408 e. The van der Waals surface area contributed by atoms with Crippen LogP contribution in [0.4, 0.5) is 9.59 Å². The zero-order valence-electron chi connectivity index (χ0n) is 23.2. The fourth-order valence-electron chi connectivity index (χ4n) is 1.75. The second-order valence-corrected chi connectivity index (χ2v) is 19.9. The summed E-state index contributed by atoms with van der Waals surface area (Å²) in [5.41, 5.74) is 1.38. The zero-order chi connectivity index (χ0) is 31.5. The lowest BCUT2D eigenvalue weighted by molar-refractivity contribution is -0.196. The van der Waals surface area contributed by atoms with Gasteiger partial charge in [0.05, 0.1) is 58.8 Å². The first kappa shape index (κ1) is 44.4. The Labute approximate surface area is 298 Å². The van der Waals surface area contributed by atoms with Gasteiger partial charge in [-0.25, -0.2) is 9.79 Å². The fraction of sp³-hybridized carbons (Fsp3) is 0.800. The summed E-state index contributed by atoms with van der Waals surface area (Å²) >= 11 is 15.8. The van der Waals surface area contributed by atoms with E-state index in [4.69, 9.17) is 24.7 Å². The number of nitrogens with zero attached hydrogens (tertiary/aromatic N) is 2. The van der Waals surface area contributed by atoms with Gasteiger partial charge < -0.3 is 30.5 Å². The third-order valence-electron chi connectivity index (χ3n) is 3.37. The van der Waals surface area contributed by atoms with Crippen LogP contribution in [-0.2, 0) is 25.3 Å². The van der Waals surface area contributed by atoms with Crippen LogP contribution in [0.25, 0.3) is 0 Å². The third-order valence-corrected chi connectivity index (χ3v) is 15.0. The maximum atomic E-state index is 11.7. The number of nitrogens with one attached hydrogen (secondary N) is 2. The molecule has 0 aromatic rings. The monoisotopic (exact) mass is 814 g/mol. The lowest BCUT2D eigenvalue weighted by Crippen LogP contribution is -2.23. The van der Waals surface area contributed by atoms with E-state index < -0.39 is 16.9 Å². The Kier molecular flexibility index (Phi) is 39.1. The molecule has 12 nitrogen and oxygen atoms in total. The third kappa shape index (κ3) is 37.7. The van der Waals surface area contributed by atoms with Gasteiger partial charge >= 0.3 is 6.09 Å². The molecule has 0 spiro atoms. The number of aliphatic hydroxyl groups is 2. The molecule has 0 aliphatic rings. The Bertz CT molecular complexity index is 751. The standard InChI is InChI=1S/C20H38N4O8S11/c25-1-3-42-20(28)24-9-36-16-39-13-33-6-21-5-31-32-12-38-18-41-17-37-11-30-19(27)23-8-35-15-40-14-34-7-22-10-43(29)4-2-26/h5,10,25-26H,1-4,6-9,11-18H2,(H,23,27)(H,24,28). The average molecular weight is 815 g/mol. The van der Waals surface area contributed by atoms with E-state index in [0.29, 0.717) is 35.2 Å². The Morgan fingerprint density at radius 1 is 0.744 bits per heavy atom. The van der Waals surface area contributed by atoms with Crippen LogP contribution in [0.5, 0.6) is 0 Å². The van der Waals surface area contributed by atoms with E-state index in [1.807, 2.05) is 0 Å². The highest BCUT2D eigenvalue weighted by Gasteiger charge is 2.02. The van der Waals surface area contributed by atoms with Gasteiger partial charge in [0.1, 0.15) is 11.9 Å². The van der Waals surface area contributed by atoms with Crippen LogP contribution >= 0.6 is 118 Å². The van der Waals surface area contributed by atoms with Crippen LogP contribution in [0.15, 0.2) is 9.98 Å². The minimum atomic E-state index is -1.19. The first-order valence-electron chi connectivity index (χ1n) is 12.0. The Morgan fingerprint density at radius 2 is 1.35 bits per heavy atom. The lowest BCUT2D eigenvalue weighted by atomic mass is 10.9. The number of alkyl carbamates (subject to hydrolysis) is 1. The van der Waals surface area contributed by atoms with Gasteiger partial charge in [-0.3, -0.25) is 14.0 Å². The fourth-order valence-corrected chi connectivity index (χ4v) is 11.3. The van der Waals surface area contributed by atoms with Gasteiger partial charge in [0.25, 0.3) is 5.24 Å². The predicted molar refractivity (Wildman–Crippen MR) is 204 cm³/mol. The molecule has 0 saturated carbocycles. The van der Waals surface area contributed by atoms with Crippen molar-refractivity contribution < 1.29 is 38.5 Å². The van der Waals surface area contributed by atoms with Crippen LogP contribution in [-0.4, -0.2) is 128 Å². The molecule has 0 bridgehead atoms. The molecule has 0 fully saturated rings. The van der Waals surface area contributed by atoms with Gasteiger partial charge in [-0.15, -0.1) is 106 Å². The van der Waals surface area contributed by atoms with Gasteiger partial charge in [0.15, 0.2) is 0 Å². The summed E-state index contributed by atoms with van der Waals surface area (Å²) in [6.07, 6.45) is 0.862. The molecule has 23 heteroatoms. The largest absolute Gasteiger partial charge is 0.438 e. The molecule has 0 aliphatic heterocycles. The Balaban J connectivity index is 3.27. The molecular weight excluding hydrogens is 777 g/mol. The van der Waals surface area contributed by atoms with Crippen LogP contribution in [0.2, 0.25) is 0 Å². The lowest BCUT2D eigenvalue weighted by Gasteiger charge is -2.06. The SMILES string of the molecule is O=C(NCSCSCSCN=CS(=O)CCO)OCSCSCSCOOC=NCSCSCSCNC(=O)SCCO. The number of thioether (sulfide) groups is 10. The summed E-state index contributed by atoms with van der Waals surface area (Å²) in [6.45, 7) is -0.105. The summed E-state index contributed by atoms with van der Waals surface area (Å²) in [5, 5.41) is 27.7. The molecule has 0 aromatic heterocycles. The number of aliphatic imine (C=N–C) groups is 2. The maximum absolute atomic E-state index is 11.7. The van der Waals surface area contributed by atoms with Crippen LogP contribution in [0, 0.1) is 0 Å². The molecule has 0 aliphatic carbocycles. The number of rotatable bonds is 31. The van der Waals surface area contributed by atoms with Crippen molar-refractivity contribution in [2.24, 2.45) is 9.98 Å². The first-order chi connectivity index (χ1) is 21.1. The minimum Gasteiger partial charge on any atom is -0.438 e. The zero-order valence-corrected chi connectivity index (χ0v) is 32.2. The number of hydrogen-bond acceptors (Lipinski definition) is 20. The van der Waals surface area contributed by atoms with Crippen molar-refractivity contribution >= 4 is 152 Å². The molecule has 252 valence electrons. The molecule has 0 aromatic carbocycles. The minimum absolute atomic E-state index is 0.000252. The van der Waals surface area contributed by atoms with Gasteiger partial charge in [-0.1, -0.05) is 11.8 Å². The van der Waals surface area contributed by atoms with Gasteiger partial charge in [0.2, 0.25) is 6.40 Å². The van der Waals surface area contributed by atoms with Crippen molar-refractivity contribution in [3.8, 4) is 0 Å². The highest BCUT2D eigenvalue weighted by atomic mass is 32.2. The van der Waals surface area contributed by atoms with E-state index in [9.17, 15) is 13.8 Å². The topological polar surface area (TPSA) is 168 Å². The van der Waals surface area contributed by atoms with E-state index in [2.05, 4.69) is 20.6 Å². The number of carbonyl (C=O) groups excluding carboxylic acids is 2. The molecule has 0 radical (unpaired) electrons. The molecular formula is C20H38N4O8S11. The van der Waals surface area contributed by atoms with E-state index in [-0.39, 0.29) is 30.1 Å². The van der Waals surface area contributed by atoms with Gasteiger partial charge in [-0.2, -0.15) is 4.89 Å². The predicted octanol–water partition coefficient (Wildman–Crippen LogP) is 4.98. The Morgan fingerprint density at radius 3 is 2.02 bits per heavy atom. The van der Waals surface area contributed by atoms with Crippen molar-refractivity contribution in [1.82, 2.24) is 10.6 Å². The summed E-state index contributed by atoms with van der Waals surface area (Å²) in [5.74, 6) is 3.45. The molecule has 0 heterocycles.